The average Bonchev–Trinajstić information content (AvgIpc) is 3.10. The number of fused-ring (bicyclic) bond motifs is 1. The number of aromatic amines is 1. The number of benzene rings is 1. The number of hydrogen-bond donors (Lipinski definition) is 2. The highest BCUT2D eigenvalue weighted by Gasteiger charge is 2.46. The maximum atomic E-state index is 15.0. The fourth-order valence-electron chi connectivity index (χ4n) is 4.02. The lowest BCUT2D eigenvalue weighted by molar-refractivity contribution is -0.105. The van der Waals surface area contributed by atoms with E-state index in [4.69, 9.17) is 0 Å². The third-order valence-electron chi connectivity index (χ3n) is 5.46. The van der Waals surface area contributed by atoms with Crippen molar-refractivity contribution in [2.75, 3.05) is 30.4 Å². The lowest BCUT2D eigenvalue weighted by Gasteiger charge is -2.43. The number of carbonyl (C=O) groups excluding carboxylic acids is 1. The summed E-state index contributed by atoms with van der Waals surface area (Å²) in [5.74, 6) is -2.86. The number of pyridine rings is 1. The standard InChI is InChI=1S/C21H23F2N5O/c1-27(12-15-5-3-2-4-6-15)19-7-8-28(13-21(19,22)23)16-9-17-18(26-14-29)11-25-20(17)24-10-16/h2-6,9-11,14,19H,7-8,12-13H2,1H3,(H,24,25)(H,26,29). The summed E-state index contributed by atoms with van der Waals surface area (Å²) in [5, 5.41) is 3.29. The number of amides is 1. The van der Waals surface area contributed by atoms with Crippen molar-refractivity contribution in [2.24, 2.45) is 0 Å². The van der Waals surface area contributed by atoms with Crippen LogP contribution in [0.5, 0.6) is 0 Å². The topological polar surface area (TPSA) is 64.3 Å². The number of anilines is 2. The van der Waals surface area contributed by atoms with Crippen LogP contribution in [0.4, 0.5) is 20.2 Å². The normalized spacial score (nSPS) is 18.9. The van der Waals surface area contributed by atoms with E-state index in [1.807, 2.05) is 30.3 Å². The number of rotatable bonds is 6. The summed E-state index contributed by atoms with van der Waals surface area (Å²) < 4.78 is 30.1. The summed E-state index contributed by atoms with van der Waals surface area (Å²) in [6.45, 7) is 0.622. The monoisotopic (exact) mass is 399 g/mol. The van der Waals surface area contributed by atoms with Gasteiger partial charge in [0.1, 0.15) is 5.65 Å². The molecule has 1 aliphatic rings. The van der Waals surface area contributed by atoms with Crippen LogP contribution in [0.15, 0.2) is 48.8 Å². The highest BCUT2D eigenvalue weighted by atomic mass is 19.3. The van der Waals surface area contributed by atoms with Crippen LogP contribution >= 0.6 is 0 Å². The molecule has 1 fully saturated rings. The molecule has 0 saturated carbocycles. The molecule has 1 aliphatic heterocycles. The molecule has 1 unspecified atom stereocenters. The van der Waals surface area contributed by atoms with E-state index in [1.165, 1.54) is 0 Å². The van der Waals surface area contributed by atoms with Gasteiger partial charge in [0.25, 0.3) is 5.92 Å². The van der Waals surface area contributed by atoms with Crippen LogP contribution in [-0.2, 0) is 11.3 Å². The van der Waals surface area contributed by atoms with Crippen molar-refractivity contribution in [3.05, 3.63) is 54.4 Å². The molecular formula is C21H23F2N5O. The van der Waals surface area contributed by atoms with Crippen LogP contribution in [-0.4, -0.2) is 53.4 Å². The maximum Gasteiger partial charge on any atom is 0.280 e. The molecule has 1 saturated heterocycles. The van der Waals surface area contributed by atoms with E-state index < -0.39 is 12.0 Å². The summed E-state index contributed by atoms with van der Waals surface area (Å²) in [5.41, 5.74) is 2.82. The van der Waals surface area contributed by atoms with Gasteiger partial charge < -0.3 is 15.2 Å². The minimum atomic E-state index is -2.86. The predicted molar refractivity (Wildman–Crippen MR) is 109 cm³/mol. The molecule has 8 heteroatoms. The molecule has 6 nitrogen and oxygen atoms in total. The van der Waals surface area contributed by atoms with Gasteiger partial charge in [0.05, 0.1) is 30.2 Å². The third kappa shape index (κ3) is 3.93. The maximum absolute atomic E-state index is 15.0. The zero-order valence-electron chi connectivity index (χ0n) is 16.1. The molecule has 1 aromatic carbocycles. The zero-order valence-corrected chi connectivity index (χ0v) is 16.1. The van der Waals surface area contributed by atoms with E-state index in [0.717, 1.165) is 5.56 Å². The Balaban J connectivity index is 1.50. The molecule has 0 aliphatic carbocycles. The van der Waals surface area contributed by atoms with Crippen molar-refractivity contribution >= 4 is 28.8 Å². The van der Waals surface area contributed by atoms with Gasteiger partial charge in [0.2, 0.25) is 6.41 Å². The van der Waals surface area contributed by atoms with Gasteiger partial charge in [-0.05, 0) is 25.1 Å². The largest absolute Gasteiger partial charge is 0.364 e. The molecule has 1 amide bonds. The van der Waals surface area contributed by atoms with Gasteiger partial charge in [-0.3, -0.25) is 9.69 Å². The van der Waals surface area contributed by atoms with Crippen LogP contribution in [0.2, 0.25) is 0 Å². The smallest absolute Gasteiger partial charge is 0.280 e. The highest BCUT2D eigenvalue weighted by molar-refractivity contribution is 5.96. The molecule has 3 aromatic rings. The Labute approximate surface area is 167 Å². The molecule has 29 heavy (non-hydrogen) atoms. The molecular weight excluding hydrogens is 376 g/mol. The van der Waals surface area contributed by atoms with Gasteiger partial charge in [0, 0.05) is 24.7 Å². The van der Waals surface area contributed by atoms with E-state index in [1.54, 1.807) is 35.3 Å². The van der Waals surface area contributed by atoms with Gasteiger partial charge in [-0.1, -0.05) is 30.3 Å². The Morgan fingerprint density at radius 3 is 2.90 bits per heavy atom. The van der Waals surface area contributed by atoms with Gasteiger partial charge >= 0.3 is 0 Å². The average molecular weight is 399 g/mol. The Morgan fingerprint density at radius 2 is 2.17 bits per heavy atom. The number of carbonyl (C=O) groups is 1. The minimum Gasteiger partial charge on any atom is -0.364 e. The first-order valence-electron chi connectivity index (χ1n) is 9.52. The lowest BCUT2D eigenvalue weighted by atomic mass is 9.98. The second kappa shape index (κ2) is 7.79. The summed E-state index contributed by atoms with van der Waals surface area (Å²) in [6.07, 6.45) is 4.15. The van der Waals surface area contributed by atoms with Crippen molar-refractivity contribution in [2.45, 2.75) is 24.9 Å². The number of piperidine rings is 1. The van der Waals surface area contributed by atoms with E-state index in [2.05, 4.69) is 15.3 Å². The molecule has 152 valence electrons. The van der Waals surface area contributed by atoms with Crippen LogP contribution < -0.4 is 10.2 Å². The summed E-state index contributed by atoms with van der Waals surface area (Å²) in [6, 6.07) is 10.6. The predicted octanol–water partition coefficient (Wildman–Crippen LogP) is 3.48. The van der Waals surface area contributed by atoms with Crippen molar-refractivity contribution in [1.29, 1.82) is 0 Å². The number of halogens is 2. The number of aromatic nitrogens is 2. The molecule has 0 radical (unpaired) electrons. The van der Waals surface area contributed by atoms with Crippen molar-refractivity contribution in [1.82, 2.24) is 14.9 Å². The summed E-state index contributed by atoms with van der Waals surface area (Å²) in [4.78, 5) is 21.4. The van der Waals surface area contributed by atoms with Crippen LogP contribution in [0.25, 0.3) is 11.0 Å². The van der Waals surface area contributed by atoms with E-state index in [0.29, 0.717) is 48.3 Å². The number of nitrogens with one attached hydrogen (secondary N) is 2. The van der Waals surface area contributed by atoms with E-state index >= 15 is 8.78 Å². The zero-order chi connectivity index (χ0) is 20.4. The lowest BCUT2D eigenvalue weighted by Crippen LogP contribution is -2.57. The molecule has 0 bridgehead atoms. The van der Waals surface area contributed by atoms with Gasteiger partial charge in [-0.15, -0.1) is 0 Å². The second-order valence-electron chi connectivity index (χ2n) is 7.44. The molecule has 2 aromatic heterocycles. The molecule has 4 rings (SSSR count). The highest BCUT2D eigenvalue weighted by Crippen LogP contribution is 2.35. The van der Waals surface area contributed by atoms with Crippen molar-refractivity contribution in [3.8, 4) is 0 Å². The van der Waals surface area contributed by atoms with Crippen LogP contribution in [0.1, 0.15) is 12.0 Å². The Hall–Kier alpha value is -3.00. The second-order valence-corrected chi connectivity index (χ2v) is 7.44. The first kappa shape index (κ1) is 19.3. The first-order valence-corrected chi connectivity index (χ1v) is 9.52. The molecule has 2 N–H and O–H groups in total. The van der Waals surface area contributed by atoms with Crippen LogP contribution in [0.3, 0.4) is 0 Å². The summed E-state index contributed by atoms with van der Waals surface area (Å²) in [7, 11) is 1.76. The van der Waals surface area contributed by atoms with Gasteiger partial charge in [0.15, 0.2) is 0 Å². The molecule has 0 spiro atoms. The fourth-order valence-corrected chi connectivity index (χ4v) is 4.02. The molecule has 1 atom stereocenters. The Morgan fingerprint density at radius 1 is 1.38 bits per heavy atom. The quantitative estimate of drug-likeness (QED) is 0.623. The first-order chi connectivity index (χ1) is 14.0. The van der Waals surface area contributed by atoms with Crippen LogP contribution in [0, 0.1) is 0 Å². The third-order valence-corrected chi connectivity index (χ3v) is 5.46. The molecule has 3 heterocycles. The number of hydrogen-bond acceptors (Lipinski definition) is 4. The Kier molecular flexibility index (Phi) is 5.19. The minimum absolute atomic E-state index is 0.348. The fraction of sp³-hybridized carbons (Fsp3) is 0.333. The number of alkyl halides is 2. The van der Waals surface area contributed by atoms with Gasteiger partial charge in [-0.25, -0.2) is 13.8 Å². The van der Waals surface area contributed by atoms with Gasteiger partial charge in [-0.2, -0.15) is 0 Å². The number of nitrogens with zero attached hydrogens (tertiary/aromatic N) is 3. The summed E-state index contributed by atoms with van der Waals surface area (Å²) >= 11 is 0. The number of H-pyrrole nitrogens is 1. The van der Waals surface area contributed by atoms with Crippen molar-refractivity contribution in [3.63, 3.8) is 0 Å². The van der Waals surface area contributed by atoms with Crippen molar-refractivity contribution < 1.29 is 13.6 Å². The SMILES string of the molecule is CN(Cc1ccccc1)C1CCN(c2cnc3[nH]cc(NC=O)c3c2)CC1(F)F. The Bertz CT molecular complexity index is 991. The van der Waals surface area contributed by atoms with E-state index in [9.17, 15) is 4.79 Å². The van der Waals surface area contributed by atoms with E-state index in [-0.39, 0.29) is 6.54 Å².